The van der Waals surface area contributed by atoms with E-state index in [1.807, 2.05) is 60.7 Å². The predicted octanol–water partition coefficient (Wildman–Crippen LogP) is 13.3. The first kappa shape index (κ1) is 30.8. The molecule has 260 valence electrons. The summed E-state index contributed by atoms with van der Waals surface area (Å²) in [6, 6.07) is 64.0. The molecular weight excluding hydrogens is 685 g/mol. The maximum Gasteiger partial charge on any atom is 0.164 e. The fraction of sp³-hybridized carbons (Fsp3) is 0. The number of benzene rings is 9. The fourth-order valence-corrected chi connectivity index (χ4v) is 8.53. The van der Waals surface area contributed by atoms with Gasteiger partial charge in [0.25, 0.3) is 0 Å². The summed E-state index contributed by atoms with van der Waals surface area (Å²) in [7, 11) is 0. The Balaban J connectivity index is 1.07. The number of fused-ring (bicyclic) bond motifs is 11. The second-order valence-electron chi connectivity index (χ2n) is 14.4. The van der Waals surface area contributed by atoms with E-state index >= 15 is 0 Å². The predicted molar refractivity (Wildman–Crippen MR) is 230 cm³/mol. The van der Waals surface area contributed by atoms with Gasteiger partial charge in [0.05, 0.1) is 11.0 Å². The summed E-state index contributed by atoms with van der Waals surface area (Å²) in [6.07, 6.45) is 0. The summed E-state index contributed by atoms with van der Waals surface area (Å²) < 4.78 is 9.10. The molecule has 0 bridgehead atoms. The summed E-state index contributed by atoms with van der Waals surface area (Å²) in [5.41, 5.74) is 7.86. The number of hydrogen-bond donors (Lipinski definition) is 0. The fourth-order valence-electron chi connectivity index (χ4n) is 8.53. The molecule has 0 amide bonds. The van der Waals surface area contributed by atoms with Gasteiger partial charge in [-0.25, -0.2) is 15.0 Å². The third-order valence-corrected chi connectivity index (χ3v) is 11.2. The number of nitrogens with zero attached hydrogens (tertiary/aromatic N) is 4. The molecule has 0 aliphatic heterocycles. The third-order valence-electron chi connectivity index (χ3n) is 11.2. The average Bonchev–Trinajstić information content (AvgIpc) is 3.81. The van der Waals surface area contributed by atoms with E-state index in [1.54, 1.807) is 0 Å². The summed E-state index contributed by atoms with van der Waals surface area (Å²) in [5.74, 6) is 1.85. The van der Waals surface area contributed by atoms with E-state index < -0.39 is 0 Å². The smallest absolute Gasteiger partial charge is 0.164 e. The van der Waals surface area contributed by atoms with E-state index in [0.717, 1.165) is 55.1 Å². The average molecular weight is 715 g/mol. The van der Waals surface area contributed by atoms with Crippen LogP contribution in [-0.4, -0.2) is 19.5 Å². The van der Waals surface area contributed by atoms with E-state index in [9.17, 15) is 0 Å². The highest BCUT2D eigenvalue weighted by molar-refractivity contribution is 6.22. The van der Waals surface area contributed by atoms with E-state index in [2.05, 4.69) is 126 Å². The molecule has 56 heavy (non-hydrogen) atoms. The SMILES string of the molecule is c1ccc(-c2nc(-c3ccccc3)nc(-c3ccc4c(c3)oc3ccc5ccc(-n6c7cc8ccccc8cc7c7ccc8ccccc8c76)cc5c34)n2)cc1. The molecular formula is C51H30N4O. The van der Waals surface area contributed by atoms with Crippen LogP contribution in [0.2, 0.25) is 0 Å². The zero-order chi connectivity index (χ0) is 36.7. The summed E-state index contributed by atoms with van der Waals surface area (Å²) in [6.45, 7) is 0. The van der Waals surface area contributed by atoms with Crippen molar-refractivity contribution in [1.29, 1.82) is 0 Å². The van der Waals surface area contributed by atoms with E-state index in [4.69, 9.17) is 19.4 Å². The van der Waals surface area contributed by atoms with E-state index in [0.29, 0.717) is 17.5 Å². The molecule has 12 rings (SSSR count). The van der Waals surface area contributed by atoms with Crippen LogP contribution in [0, 0.1) is 0 Å². The highest BCUT2D eigenvalue weighted by Crippen LogP contribution is 2.41. The standard InChI is InChI=1S/C51H30N4O/c1-3-12-33(13-4-1)49-52-50(34-14-5-2-6-15-34)54-51(53-49)37-21-25-41-46(29-37)56-45-26-22-32-19-23-38(30-42(32)47(41)45)55-44-28-36-17-8-7-16-35(36)27-43(44)40-24-20-31-11-9-10-18-39(31)48(40)55/h1-30H. The molecule has 12 aromatic rings. The molecule has 0 aliphatic rings. The van der Waals surface area contributed by atoms with Gasteiger partial charge in [-0.1, -0.05) is 140 Å². The van der Waals surface area contributed by atoms with Crippen molar-refractivity contribution >= 4 is 76.1 Å². The summed E-state index contributed by atoms with van der Waals surface area (Å²) >= 11 is 0. The molecule has 5 nitrogen and oxygen atoms in total. The highest BCUT2D eigenvalue weighted by Gasteiger charge is 2.19. The van der Waals surface area contributed by atoms with Crippen LogP contribution in [0.3, 0.4) is 0 Å². The molecule has 3 aromatic heterocycles. The van der Waals surface area contributed by atoms with Gasteiger partial charge in [-0.2, -0.15) is 0 Å². The molecule has 0 fully saturated rings. The van der Waals surface area contributed by atoms with Gasteiger partial charge in [-0.05, 0) is 69.4 Å². The van der Waals surface area contributed by atoms with Crippen LogP contribution < -0.4 is 0 Å². The molecule has 9 aromatic carbocycles. The number of furan rings is 1. The van der Waals surface area contributed by atoms with E-state index in [1.165, 1.54) is 43.4 Å². The minimum atomic E-state index is 0.596. The van der Waals surface area contributed by atoms with Crippen LogP contribution in [0.25, 0.3) is 116 Å². The lowest BCUT2D eigenvalue weighted by Gasteiger charge is -2.12. The Morgan fingerprint density at radius 3 is 1.70 bits per heavy atom. The lowest BCUT2D eigenvalue weighted by molar-refractivity contribution is 0.669. The van der Waals surface area contributed by atoms with E-state index in [-0.39, 0.29) is 0 Å². The lowest BCUT2D eigenvalue weighted by Crippen LogP contribution is -2.00. The zero-order valence-corrected chi connectivity index (χ0v) is 30.0. The quantitative estimate of drug-likeness (QED) is 0.182. The van der Waals surface area contributed by atoms with Crippen molar-refractivity contribution < 1.29 is 4.42 Å². The maximum atomic E-state index is 6.65. The van der Waals surface area contributed by atoms with Crippen LogP contribution in [0.4, 0.5) is 0 Å². The summed E-state index contributed by atoms with van der Waals surface area (Å²) in [4.78, 5) is 14.8. The second-order valence-corrected chi connectivity index (χ2v) is 14.4. The van der Waals surface area contributed by atoms with Crippen molar-refractivity contribution in [2.24, 2.45) is 0 Å². The van der Waals surface area contributed by atoms with Gasteiger partial charge in [0.1, 0.15) is 11.2 Å². The molecule has 0 aliphatic carbocycles. The minimum absolute atomic E-state index is 0.596. The Morgan fingerprint density at radius 2 is 0.946 bits per heavy atom. The molecule has 0 atom stereocenters. The Bertz CT molecular complexity index is 3470. The maximum absolute atomic E-state index is 6.65. The number of hydrogen-bond acceptors (Lipinski definition) is 4. The Morgan fingerprint density at radius 1 is 0.357 bits per heavy atom. The Kier molecular flexibility index (Phi) is 6.56. The molecule has 0 saturated carbocycles. The van der Waals surface area contributed by atoms with Gasteiger partial charge in [0.2, 0.25) is 0 Å². The topological polar surface area (TPSA) is 56.7 Å². The van der Waals surface area contributed by atoms with Gasteiger partial charge in [-0.15, -0.1) is 0 Å². The monoisotopic (exact) mass is 714 g/mol. The van der Waals surface area contributed by atoms with Crippen LogP contribution >= 0.6 is 0 Å². The van der Waals surface area contributed by atoms with Gasteiger partial charge < -0.3 is 8.98 Å². The van der Waals surface area contributed by atoms with Crippen LogP contribution in [0.1, 0.15) is 0 Å². The first-order chi connectivity index (χ1) is 27.7. The van der Waals surface area contributed by atoms with Gasteiger partial charge in [0.15, 0.2) is 17.5 Å². The molecule has 5 heteroatoms. The second kappa shape index (κ2) is 11.9. The minimum Gasteiger partial charge on any atom is -0.456 e. The van der Waals surface area contributed by atoms with Crippen molar-refractivity contribution in [3.8, 4) is 39.9 Å². The highest BCUT2D eigenvalue weighted by atomic mass is 16.3. The molecule has 0 radical (unpaired) electrons. The number of rotatable bonds is 4. The molecule has 0 unspecified atom stereocenters. The molecule has 0 saturated heterocycles. The zero-order valence-electron chi connectivity index (χ0n) is 30.0. The van der Waals surface area contributed by atoms with Gasteiger partial charge >= 0.3 is 0 Å². The van der Waals surface area contributed by atoms with Crippen molar-refractivity contribution in [1.82, 2.24) is 19.5 Å². The van der Waals surface area contributed by atoms with Crippen LogP contribution in [0.5, 0.6) is 0 Å². The molecule has 3 heterocycles. The Labute approximate surface area is 320 Å². The largest absolute Gasteiger partial charge is 0.456 e. The first-order valence-corrected chi connectivity index (χ1v) is 18.8. The molecule has 0 N–H and O–H groups in total. The van der Waals surface area contributed by atoms with Gasteiger partial charge in [0, 0.05) is 49.3 Å². The van der Waals surface area contributed by atoms with Crippen molar-refractivity contribution in [3.05, 3.63) is 182 Å². The van der Waals surface area contributed by atoms with Crippen molar-refractivity contribution in [3.63, 3.8) is 0 Å². The number of aromatic nitrogens is 4. The van der Waals surface area contributed by atoms with Gasteiger partial charge in [-0.3, -0.25) is 0 Å². The summed E-state index contributed by atoms with van der Waals surface area (Å²) in [5, 5.41) is 11.8. The lowest BCUT2D eigenvalue weighted by atomic mass is 10.0. The first-order valence-electron chi connectivity index (χ1n) is 18.8. The van der Waals surface area contributed by atoms with Crippen molar-refractivity contribution in [2.75, 3.05) is 0 Å². The van der Waals surface area contributed by atoms with Crippen LogP contribution in [-0.2, 0) is 0 Å². The van der Waals surface area contributed by atoms with Crippen molar-refractivity contribution in [2.45, 2.75) is 0 Å². The normalized spacial score (nSPS) is 11.9. The van der Waals surface area contributed by atoms with Crippen LogP contribution in [0.15, 0.2) is 186 Å². The Hall–Kier alpha value is -7.63. The molecule has 0 spiro atoms. The third kappa shape index (κ3) is 4.71.